The summed E-state index contributed by atoms with van der Waals surface area (Å²) in [5.74, 6) is -0.688. The number of carboxylic acid groups (broad SMARTS) is 1. The van der Waals surface area contributed by atoms with E-state index in [4.69, 9.17) is 20.1 Å². The van der Waals surface area contributed by atoms with Crippen molar-refractivity contribution in [3.63, 3.8) is 0 Å². The first-order valence-corrected chi connectivity index (χ1v) is 15.2. The number of aromatic nitrogens is 3. The molecule has 13 heteroatoms. The third kappa shape index (κ3) is 7.94. The highest BCUT2D eigenvalue weighted by molar-refractivity contribution is 5.93. The van der Waals surface area contributed by atoms with Crippen LogP contribution in [-0.4, -0.2) is 57.0 Å². The first kappa shape index (κ1) is 33.9. The second kappa shape index (κ2) is 15.9. The summed E-state index contributed by atoms with van der Waals surface area (Å²) in [5, 5.41) is 46.9. The van der Waals surface area contributed by atoms with Crippen LogP contribution < -0.4 is 15.7 Å². The minimum atomic E-state index is -0.649. The molecule has 3 heterocycles. The Balaban J connectivity index is 0.00000151. The second-order valence-electron chi connectivity index (χ2n) is 11.1. The summed E-state index contributed by atoms with van der Waals surface area (Å²) in [6.07, 6.45) is 8.01. The molecule has 0 radical (unpaired) electrons. The molecule has 1 aliphatic rings. The van der Waals surface area contributed by atoms with Gasteiger partial charge in [0.05, 0.1) is 17.3 Å². The average Bonchev–Trinajstić information content (AvgIpc) is 3.61. The maximum Gasteiger partial charge on any atom is 0.290 e. The minimum Gasteiger partial charge on any atom is -0.483 e. The lowest BCUT2D eigenvalue weighted by Gasteiger charge is -2.34. The maximum absolute atomic E-state index is 14.9. The van der Waals surface area contributed by atoms with E-state index in [2.05, 4.69) is 26.5 Å². The zero-order valence-electron chi connectivity index (χ0n) is 26.1. The van der Waals surface area contributed by atoms with Gasteiger partial charge >= 0.3 is 0 Å². The summed E-state index contributed by atoms with van der Waals surface area (Å²) in [6, 6.07) is 22.5. The van der Waals surface area contributed by atoms with Gasteiger partial charge in [-0.2, -0.15) is 15.6 Å². The van der Waals surface area contributed by atoms with Crippen molar-refractivity contribution < 1.29 is 24.3 Å². The SMILES string of the molecule is N#Cc1ccc(-c2c(-c3ccc4cn[nH]c4c3)cnc(N3CCC(NCc4ccc(/C=C/C(=O)NO)cc4)CC3)c2C#N)cc1F.O=CO. The van der Waals surface area contributed by atoms with Crippen LogP contribution in [-0.2, 0) is 16.1 Å². The molecule has 0 spiro atoms. The molecule has 49 heavy (non-hydrogen) atoms. The molecule has 0 saturated carbocycles. The summed E-state index contributed by atoms with van der Waals surface area (Å²) in [4.78, 5) is 26.4. The van der Waals surface area contributed by atoms with Crippen LogP contribution >= 0.6 is 0 Å². The number of hydrogen-bond donors (Lipinski definition) is 5. The number of piperidine rings is 1. The number of aromatic amines is 1. The predicted molar refractivity (Wildman–Crippen MR) is 180 cm³/mol. The van der Waals surface area contributed by atoms with Crippen molar-refractivity contribution in [3.05, 3.63) is 107 Å². The van der Waals surface area contributed by atoms with Gasteiger partial charge in [-0.25, -0.2) is 14.9 Å². The third-order valence-electron chi connectivity index (χ3n) is 8.21. The third-order valence-corrected chi connectivity index (χ3v) is 8.21. The van der Waals surface area contributed by atoms with Gasteiger partial charge in [-0.3, -0.25) is 19.9 Å². The zero-order chi connectivity index (χ0) is 34.8. The molecular formula is C36H31FN8O4. The number of benzene rings is 3. The Labute approximate surface area is 280 Å². The largest absolute Gasteiger partial charge is 0.483 e. The molecule has 0 bridgehead atoms. The first-order valence-electron chi connectivity index (χ1n) is 15.2. The fraction of sp³-hybridized carbons (Fsp3) is 0.167. The molecule has 1 fully saturated rings. The summed E-state index contributed by atoms with van der Waals surface area (Å²) < 4.78 is 14.9. The molecule has 1 saturated heterocycles. The van der Waals surface area contributed by atoms with Crippen molar-refractivity contribution in [2.45, 2.75) is 25.4 Å². The number of carbonyl (C=O) groups excluding carboxylic acids is 1. The number of rotatable bonds is 8. The minimum absolute atomic E-state index is 0.0635. The van der Waals surface area contributed by atoms with E-state index in [1.54, 1.807) is 30.0 Å². The number of nitrogens with one attached hydrogen (secondary N) is 3. The second-order valence-corrected chi connectivity index (χ2v) is 11.1. The highest BCUT2D eigenvalue weighted by Crippen LogP contribution is 2.40. The van der Waals surface area contributed by atoms with E-state index in [1.165, 1.54) is 18.2 Å². The average molecular weight is 659 g/mol. The molecule has 12 nitrogen and oxygen atoms in total. The molecule has 1 amide bonds. The quantitative estimate of drug-likeness (QED) is 0.0645. The number of halogens is 1. The van der Waals surface area contributed by atoms with Crippen molar-refractivity contribution in [2.75, 3.05) is 18.0 Å². The number of hydrogen-bond acceptors (Lipinski definition) is 9. The van der Waals surface area contributed by atoms with Crippen LogP contribution in [0.2, 0.25) is 0 Å². The molecule has 5 N–H and O–H groups in total. The topological polar surface area (TPSA) is 191 Å². The van der Waals surface area contributed by atoms with Crippen LogP contribution in [0.1, 0.15) is 35.1 Å². The van der Waals surface area contributed by atoms with Gasteiger partial charge < -0.3 is 15.3 Å². The van der Waals surface area contributed by atoms with Gasteiger partial charge in [-0.1, -0.05) is 42.5 Å². The number of fused-ring (bicyclic) bond motifs is 1. The van der Waals surface area contributed by atoms with Gasteiger partial charge in [0.15, 0.2) is 0 Å². The van der Waals surface area contributed by atoms with Crippen molar-refractivity contribution in [3.8, 4) is 34.4 Å². The molecule has 2 aromatic heterocycles. The van der Waals surface area contributed by atoms with Gasteiger partial charge in [-0.05, 0) is 59.4 Å². The molecule has 6 rings (SSSR count). The molecule has 1 aliphatic heterocycles. The van der Waals surface area contributed by atoms with Gasteiger partial charge in [0.2, 0.25) is 0 Å². The monoisotopic (exact) mass is 658 g/mol. The molecule has 3 aromatic carbocycles. The van der Waals surface area contributed by atoms with E-state index in [0.29, 0.717) is 47.7 Å². The predicted octanol–water partition coefficient (Wildman–Crippen LogP) is 5.15. The van der Waals surface area contributed by atoms with E-state index in [0.717, 1.165) is 40.4 Å². The van der Waals surface area contributed by atoms with Gasteiger partial charge in [-0.15, -0.1) is 0 Å². The molecule has 5 aromatic rings. The van der Waals surface area contributed by atoms with Crippen LogP contribution in [0.5, 0.6) is 0 Å². The van der Waals surface area contributed by atoms with Crippen LogP contribution in [0.25, 0.3) is 39.2 Å². The molecule has 0 atom stereocenters. The fourth-order valence-electron chi connectivity index (χ4n) is 5.74. The van der Waals surface area contributed by atoms with Crippen molar-refractivity contribution in [2.24, 2.45) is 0 Å². The number of nitriles is 2. The number of pyridine rings is 1. The zero-order valence-corrected chi connectivity index (χ0v) is 26.1. The maximum atomic E-state index is 14.9. The summed E-state index contributed by atoms with van der Waals surface area (Å²) in [5.41, 5.74) is 7.15. The lowest BCUT2D eigenvalue weighted by Crippen LogP contribution is -2.42. The summed E-state index contributed by atoms with van der Waals surface area (Å²) in [7, 11) is 0. The number of anilines is 1. The van der Waals surface area contributed by atoms with Crippen LogP contribution in [0.4, 0.5) is 10.2 Å². The van der Waals surface area contributed by atoms with Gasteiger partial charge in [0.25, 0.3) is 12.4 Å². The van der Waals surface area contributed by atoms with E-state index >= 15 is 0 Å². The van der Waals surface area contributed by atoms with Crippen LogP contribution in [0.15, 0.2) is 79.1 Å². The molecule has 0 aliphatic carbocycles. The number of carbonyl (C=O) groups is 2. The Morgan fingerprint density at radius 3 is 2.45 bits per heavy atom. The Kier molecular flexibility index (Phi) is 11.0. The fourth-order valence-corrected chi connectivity index (χ4v) is 5.74. The van der Waals surface area contributed by atoms with Gasteiger partial charge in [0.1, 0.15) is 29.3 Å². The van der Waals surface area contributed by atoms with Crippen molar-refractivity contribution in [1.82, 2.24) is 26.0 Å². The number of H-pyrrole nitrogens is 1. The van der Waals surface area contributed by atoms with Crippen molar-refractivity contribution in [1.29, 1.82) is 10.5 Å². The van der Waals surface area contributed by atoms with E-state index < -0.39 is 11.7 Å². The Morgan fingerprint density at radius 2 is 1.78 bits per heavy atom. The Morgan fingerprint density at radius 1 is 1.04 bits per heavy atom. The number of hydroxylamine groups is 1. The lowest BCUT2D eigenvalue weighted by atomic mass is 9.91. The Bertz CT molecular complexity index is 2070. The summed E-state index contributed by atoms with van der Waals surface area (Å²) >= 11 is 0. The number of nitrogens with zero attached hydrogens (tertiary/aromatic N) is 5. The number of amides is 1. The highest BCUT2D eigenvalue weighted by Gasteiger charge is 2.26. The lowest BCUT2D eigenvalue weighted by molar-refractivity contribution is -0.124. The van der Waals surface area contributed by atoms with E-state index in [1.807, 2.05) is 48.5 Å². The van der Waals surface area contributed by atoms with E-state index in [-0.39, 0.29) is 18.1 Å². The van der Waals surface area contributed by atoms with Crippen LogP contribution in [0.3, 0.4) is 0 Å². The molecular weight excluding hydrogens is 627 g/mol. The van der Waals surface area contributed by atoms with E-state index in [9.17, 15) is 19.7 Å². The molecule has 246 valence electrons. The van der Waals surface area contributed by atoms with Crippen LogP contribution in [0, 0.1) is 28.5 Å². The molecule has 0 unspecified atom stereocenters. The smallest absolute Gasteiger partial charge is 0.290 e. The normalized spacial score (nSPS) is 12.9. The highest BCUT2D eigenvalue weighted by atomic mass is 19.1. The van der Waals surface area contributed by atoms with Crippen molar-refractivity contribution >= 4 is 35.2 Å². The standard InChI is InChI=1S/C35H29FN8O2.CH2O2/c36-31-15-25(7-8-26(31)17-37)34-29(18-38)35(40-21-30(34)24-6-9-27-20-41-42-32(27)16-24)44-13-11-28(12-14-44)39-19-23-3-1-22(2-4-23)5-10-33(45)43-46;2-1-3/h1-10,15-16,20-21,28,39,46H,11-14,19H2,(H,41,42)(H,43,45);1H,(H,2,3)/b10-5+;. The first-order chi connectivity index (χ1) is 23.9. The Hall–Kier alpha value is -6.41. The summed E-state index contributed by atoms with van der Waals surface area (Å²) in [6.45, 7) is 1.78. The van der Waals surface area contributed by atoms with Gasteiger partial charge in [0, 0.05) is 54.5 Å².